The van der Waals surface area contributed by atoms with Crippen LogP contribution in [-0.4, -0.2) is 19.7 Å². The summed E-state index contributed by atoms with van der Waals surface area (Å²) < 4.78 is 5.81. The van der Waals surface area contributed by atoms with Gasteiger partial charge in [0.05, 0.1) is 6.61 Å². The van der Waals surface area contributed by atoms with Gasteiger partial charge in [-0.25, -0.2) is 0 Å². The molecule has 2 heteroatoms. The minimum absolute atomic E-state index is 0.822. The monoisotopic (exact) mass is 233 g/mol. The molecule has 0 amide bonds. The van der Waals surface area contributed by atoms with Gasteiger partial charge in [-0.2, -0.15) is 0 Å². The molecule has 0 radical (unpaired) electrons. The van der Waals surface area contributed by atoms with Gasteiger partial charge in [-0.3, -0.25) is 0 Å². The molecule has 1 aliphatic heterocycles. The van der Waals surface area contributed by atoms with Gasteiger partial charge in [-0.05, 0) is 56.3 Å². The van der Waals surface area contributed by atoms with Crippen LogP contribution in [0.5, 0.6) is 5.75 Å². The molecule has 0 aromatic heterocycles. The lowest BCUT2D eigenvalue weighted by molar-refractivity contribution is 0.308. The summed E-state index contributed by atoms with van der Waals surface area (Å²) in [6, 6.07) is 8.51. The molecule has 0 bridgehead atoms. The third-order valence-corrected chi connectivity index (χ3v) is 3.40. The van der Waals surface area contributed by atoms with Crippen LogP contribution in [0.4, 0.5) is 0 Å². The highest BCUT2D eigenvalue weighted by Gasteiger charge is 2.15. The van der Waals surface area contributed by atoms with Crippen molar-refractivity contribution in [1.82, 2.24) is 5.32 Å². The van der Waals surface area contributed by atoms with Gasteiger partial charge >= 0.3 is 0 Å². The first-order valence-corrected chi connectivity index (χ1v) is 6.81. The van der Waals surface area contributed by atoms with Gasteiger partial charge in [-0.15, -0.1) is 0 Å². The SMILES string of the molecule is CCCOc1ccccc1CC1CCNCC1. The molecule has 2 rings (SSSR count). The average molecular weight is 233 g/mol. The molecular weight excluding hydrogens is 210 g/mol. The van der Waals surface area contributed by atoms with Crippen molar-refractivity contribution in [1.29, 1.82) is 0 Å². The van der Waals surface area contributed by atoms with E-state index in [1.54, 1.807) is 0 Å². The number of piperidine rings is 1. The standard InChI is InChI=1S/C15H23NO/c1-2-11-17-15-6-4-3-5-14(15)12-13-7-9-16-10-8-13/h3-6,13,16H,2,7-12H2,1H3. The van der Waals surface area contributed by atoms with Gasteiger partial charge in [0, 0.05) is 0 Å². The third kappa shape index (κ3) is 3.74. The van der Waals surface area contributed by atoms with E-state index in [9.17, 15) is 0 Å². The van der Waals surface area contributed by atoms with Crippen LogP contribution >= 0.6 is 0 Å². The number of nitrogens with one attached hydrogen (secondary N) is 1. The van der Waals surface area contributed by atoms with Crippen LogP contribution in [0.15, 0.2) is 24.3 Å². The van der Waals surface area contributed by atoms with Crippen LogP contribution in [0.1, 0.15) is 31.7 Å². The zero-order valence-electron chi connectivity index (χ0n) is 10.7. The maximum Gasteiger partial charge on any atom is 0.122 e. The predicted octanol–water partition coefficient (Wildman–Crippen LogP) is 3.02. The van der Waals surface area contributed by atoms with Gasteiger partial charge in [-0.1, -0.05) is 25.1 Å². The van der Waals surface area contributed by atoms with E-state index in [-0.39, 0.29) is 0 Å². The molecule has 94 valence electrons. The lowest BCUT2D eigenvalue weighted by Gasteiger charge is -2.23. The Kier molecular flexibility index (Phi) is 4.87. The molecule has 1 aromatic rings. The van der Waals surface area contributed by atoms with E-state index in [0.717, 1.165) is 24.7 Å². The highest BCUT2D eigenvalue weighted by molar-refractivity contribution is 5.33. The molecule has 1 aliphatic rings. The second-order valence-corrected chi connectivity index (χ2v) is 4.85. The molecule has 1 fully saturated rings. The lowest BCUT2D eigenvalue weighted by atomic mass is 9.91. The number of hydrogen-bond donors (Lipinski definition) is 1. The topological polar surface area (TPSA) is 21.3 Å². The van der Waals surface area contributed by atoms with Crippen LogP contribution in [0.25, 0.3) is 0 Å². The fourth-order valence-electron chi connectivity index (χ4n) is 2.42. The van der Waals surface area contributed by atoms with Gasteiger partial charge in [0.2, 0.25) is 0 Å². The Balaban J connectivity index is 1.98. The molecule has 1 aromatic carbocycles. The molecule has 1 heterocycles. The van der Waals surface area contributed by atoms with Crippen molar-refractivity contribution in [2.24, 2.45) is 5.92 Å². The quantitative estimate of drug-likeness (QED) is 0.844. The number of ether oxygens (including phenoxy) is 1. The summed E-state index contributed by atoms with van der Waals surface area (Å²) in [6.45, 7) is 5.31. The van der Waals surface area contributed by atoms with Crippen molar-refractivity contribution in [2.45, 2.75) is 32.6 Å². The highest BCUT2D eigenvalue weighted by Crippen LogP contribution is 2.25. The molecule has 0 saturated carbocycles. The van der Waals surface area contributed by atoms with Gasteiger partial charge < -0.3 is 10.1 Å². The van der Waals surface area contributed by atoms with Gasteiger partial charge in [0.15, 0.2) is 0 Å². The van der Waals surface area contributed by atoms with E-state index in [4.69, 9.17) is 4.74 Å². The van der Waals surface area contributed by atoms with Crippen molar-refractivity contribution in [3.05, 3.63) is 29.8 Å². The molecule has 0 atom stereocenters. The summed E-state index contributed by atoms with van der Waals surface area (Å²) in [5.74, 6) is 1.91. The predicted molar refractivity (Wildman–Crippen MR) is 71.5 cm³/mol. The maximum atomic E-state index is 5.81. The molecule has 0 aliphatic carbocycles. The number of benzene rings is 1. The van der Waals surface area contributed by atoms with Crippen LogP contribution < -0.4 is 10.1 Å². The van der Waals surface area contributed by atoms with E-state index >= 15 is 0 Å². The number of para-hydroxylation sites is 1. The third-order valence-electron chi connectivity index (χ3n) is 3.40. The Bertz CT molecular complexity index is 331. The van der Waals surface area contributed by atoms with Crippen molar-refractivity contribution in [3.8, 4) is 5.75 Å². The van der Waals surface area contributed by atoms with Crippen molar-refractivity contribution in [3.63, 3.8) is 0 Å². The second kappa shape index (κ2) is 6.65. The van der Waals surface area contributed by atoms with Gasteiger partial charge in [0.1, 0.15) is 5.75 Å². The average Bonchev–Trinajstić information content (AvgIpc) is 2.39. The fourth-order valence-corrected chi connectivity index (χ4v) is 2.42. The lowest BCUT2D eigenvalue weighted by Crippen LogP contribution is -2.28. The minimum Gasteiger partial charge on any atom is -0.493 e. The normalized spacial score (nSPS) is 17.0. The van der Waals surface area contributed by atoms with Crippen molar-refractivity contribution >= 4 is 0 Å². The molecular formula is C15H23NO. The Morgan fingerprint density at radius 3 is 2.76 bits per heavy atom. The van der Waals surface area contributed by atoms with E-state index < -0.39 is 0 Å². The summed E-state index contributed by atoms with van der Waals surface area (Å²) in [6.07, 6.45) is 4.83. The summed E-state index contributed by atoms with van der Waals surface area (Å²) in [4.78, 5) is 0. The van der Waals surface area contributed by atoms with E-state index in [1.807, 2.05) is 0 Å². The smallest absolute Gasteiger partial charge is 0.122 e. The summed E-state index contributed by atoms with van der Waals surface area (Å²) in [5, 5.41) is 3.42. The van der Waals surface area contributed by atoms with Crippen LogP contribution in [0.3, 0.4) is 0 Å². The Hall–Kier alpha value is -1.02. The van der Waals surface area contributed by atoms with E-state index in [0.29, 0.717) is 0 Å². The van der Waals surface area contributed by atoms with E-state index in [1.165, 1.54) is 37.9 Å². The van der Waals surface area contributed by atoms with Crippen molar-refractivity contribution in [2.75, 3.05) is 19.7 Å². The van der Waals surface area contributed by atoms with Crippen LogP contribution in [-0.2, 0) is 6.42 Å². The van der Waals surface area contributed by atoms with E-state index in [2.05, 4.69) is 36.5 Å². The molecule has 1 N–H and O–H groups in total. The first-order chi connectivity index (χ1) is 8.40. The van der Waals surface area contributed by atoms with Crippen LogP contribution in [0.2, 0.25) is 0 Å². The summed E-state index contributed by atoms with van der Waals surface area (Å²) in [5.41, 5.74) is 1.38. The minimum atomic E-state index is 0.822. The second-order valence-electron chi connectivity index (χ2n) is 4.85. The van der Waals surface area contributed by atoms with Crippen LogP contribution in [0, 0.1) is 5.92 Å². The Morgan fingerprint density at radius 1 is 1.24 bits per heavy atom. The molecule has 0 unspecified atom stereocenters. The van der Waals surface area contributed by atoms with Gasteiger partial charge in [0.25, 0.3) is 0 Å². The zero-order chi connectivity index (χ0) is 11.9. The van der Waals surface area contributed by atoms with Crippen molar-refractivity contribution < 1.29 is 4.74 Å². The Labute approximate surface area is 104 Å². The fraction of sp³-hybridized carbons (Fsp3) is 0.600. The number of rotatable bonds is 5. The largest absolute Gasteiger partial charge is 0.493 e. The zero-order valence-corrected chi connectivity index (χ0v) is 10.7. The molecule has 1 saturated heterocycles. The highest BCUT2D eigenvalue weighted by atomic mass is 16.5. The number of hydrogen-bond acceptors (Lipinski definition) is 2. The molecule has 2 nitrogen and oxygen atoms in total. The first kappa shape index (κ1) is 12.4. The Morgan fingerprint density at radius 2 is 2.00 bits per heavy atom. The molecule has 17 heavy (non-hydrogen) atoms. The first-order valence-electron chi connectivity index (χ1n) is 6.81. The maximum absolute atomic E-state index is 5.81. The summed E-state index contributed by atoms with van der Waals surface area (Å²) >= 11 is 0. The molecule has 0 spiro atoms. The summed E-state index contributed by atoms with van der Waals surface area (Å²) in [7, 11) is 0.